The Morgan fingerprint density at radius 2 is 1.61 bits per heavy atom. The minimum absolute atomic E-state index is 0.0183. The second-order valence-corrected chi connectivity index (χ2v) is 13.0. The Labute approximate surface area is 238 Å². The first-order chi connectivity index (χ1) is 17.8. The summed E-state index contributed by atoms with van der Waals surface area (Å²) >= 11 is 9.85. The van der Waals surface area contributed by atoms with E-state index in [1.165, 1.54) is 17.0 Å². The normalized spacial score (nSPS) is 12.5. The molecule has 202 valence electrons. The Morgan fingerprint density at radius 3 is 2.21 bits per heavy atom. The highest BCUT2D eigenvalue weighted by atomic mass is 79.9. The number of amides is 2. The van der Waals surface area contributed by atoms with Crippen molar-refractivity contribution in [2.75, 3.05) is 10.8 Å². The highest BCUT2D eigenvalue weighted by Gasteiger charge is 2.34. The van der Waals surface area contributed by atoms with Gasteiger partial charge in [0.1, 0.15) is 12.6 Å². The molecule has 0 fully saturated rings. The van der Waals surface area contributed by atoms with Crippen molar-refractivity contribution in [2.45, 2.75) is 50.7 Å². The second kappa shape index (κ2) is 12.3. The number of carbonyl (C=O) groups excluding carboxylic acids is 2. The molecule has 1 unspecified atom stereocenters. The zero-order valence-electron chi connectivity index (χ0n) is 21.7. The molecule has 0 saturated heterocycles. The summed E-state index contributed by atoms with van der Waals surface area (Å²) in [5.74, 6) is -0.906. The smallest absolute Gasteiger partial charge is 0.264 e. The zero-order chi connectivity index (χ0) is 28.1. The topological polar surface area (TPSA) is 86.8 Å². The fourth-order valence-corrected chi connectivity index (χ4v) is 5.96. The monoisotopic (exact) mass is 619 g/mol. The molecule has 38 heavy (non-hydrogen) atoms. The average Bonchev–Trinajstić information content (AvgIpc) is 2.85. The molecule has 3 aromatic carbocycles. The SMILES string of the molecule is CC(C(=O)NC(C)(C)C)N(Cc1cccc(Br)c1)C(=O)CN(c1ccccc1Cl)S(=O)(=O)c1ccccc1. The summed E-state index contributed by atoms with van der Waals surface area (Å²) in [6, 6.07) is 20.8. The van der Waals surface area contributed by atoms with Gasteiger partial charge >= 0.3 is 0 Å². The lowest BCUT2D eigenvalue weighted by atomic mass is 10.1. The molecular formula is C28H31BrClN3O4S. The lowest BCUT2D eigenvalue weighted by Gasteiger charge is -2.33. The number of sulfonamides is 1. The number of hydrogen-bond donors (Lipinski definition) is 1. The predicted octanol–water partition coefficient (Wildman–Crippen LogP) is 5.63. The number of halogens is 2. The summed E-state index contributed by atoms with van der Waals surface area (Å²) in [5, 5.41) is 3.08. The van der Waals surface area contributed by atoms with Crippen LogP contribution in [0.5, 0.6) is 0 Å². The van der Waals surface area contributed by atoms with E-state index in [9.17, 15) is 18.0 Å². The summed E-state index contributed by atoms with van der Waals surface area (Å²) in [7, 11) is -4.17. The standard InChI is InChI=1S/C28H31BrClN3O4S/c1-20(27(35)31-28(2,3)4)32(18-21-11-10-12-22(29)17-21)26(34)19-33(25-16-9-8-15-24(25)30)38(36,37)23-13-6-5-7-14-23/h5-17,20H,18-19H2,1-4H3,(H,31,35). The highest BCUT2D eigenvalue weighted by molar-refractivity contribution is 9.10. The number of benzene rings is 3. The molecule has 1 atom stereocenters. The molecular weight excluding hydrogens is 590 g/mol. The minimum Gasteiger partial charge on any atom is -0.350 e. The largest absolute Gasteiger partial charge is 0.350 e. The van der Waals surface area contributed by atoms with Crippen LogP contribution in [0.15, 0.2) is 88.2 Å². The molecule has 0 aliphatic heterocycles. The van der Waals surface area contributed by atoms with E-state index >= 15 is 0 Å². The van der Waals surface area contributed by atoms with Gasteiger partial charge in [-0.05, 0) is 69.7 Å². The van der Waals surface area contributed by atoms with Gasteiger partial charge in [-0.25, -0.2) is 8.42 Å². The van der Waals surface area contributed by atoms with Crippen LogP contribution in [-0.4, -0.2) is 43.3 Å². The third kappa shape index (κ3) is 7.58. The molecule has 0 aliphatic carbocycles. The third-order valence-electron chi connectivity index (χ3n) is 5.64. The summed E-state index contributed by atoms with van der Waals surface area (Å²) in [6.07, 6.45) is 0. The van der Waals surface area contributed by atoms with Crippen LogP contribution in [0.2, 0.25) is 5.02 Å². The first-order valence-corrected chi connectivity index (χ1v) is 14.6. The van der Waals surface area contributed by atoms with E-state index in [0.29, 0.717) is 0 Å². The van der Waals surface area contributed by atoms with E-state index in [4.69, 9.17) is 11.6 Å². The van der Waals surface area contributed by atoms with Gasteiger partial charge in [0.2, 0.25) is 11.8 Å². The lowest BCUT2D eigenvalue weighted by molar-refractivity contribution is -0.140. The maximum atomic E-state index is 13.9. The predicted molar refractivity (Wildman–Crippen MR) is 154 cm³/mol. The van der Waals surface area contributed by atoms with Gasteiger partial charge < -0.3 is 10.2 Å². The number of rotatable bonds is 9. The van der Waals surface area contributed by atoms with E-state index in [2.05, 4.69) is 21.2 Å². The molecule has 0 heterocycles. The number of para-hydroxylation sites is 1. The van der Waals surface area contributed by atoms with Gasteiger partial charge in [0.25, 0.3) is 10.0 Å². The van der Waals surface area contributed by atoms with E-state index in [1.807, 2.05) is 45.0 Å². The first kappa shape index (κ1) is 29.7. The van der Waals surface area contributed by atoms with Crippen LogP contribution >= 0.6 is 27.5 Å². The van der Waals surface area contributed by atoms with Crippen molar-refractivity contribution in [1.29, 1.82) is 0 Å². The zero-order valence-corrected chi connectivity index (χ0v) is 24.8. The van der Waals surface area contributed by atoms with Crippen LogP contribution in [0.1, 0.15) is 33.3 Å². The van der Waals surface area contributed by atoms with E-state index in [-0.39, 0.29) is 28.1 Å². The number of carbonyl (C=O) groups is 2. The number of nitrogens with zero attached hydrogens (tertiary/aromatic N) is 2. The molecule has 3 aromatic rings. The molecule has 7 nitrogen and oxygen atoms in total. The van der Waals surface area contributed by atoms with Gasteiger partial charge in [0.05, 0.1) is 15.6 Å². The van der Waals surface area contributed by atoms with E-state index < -0.39 is 34.1 Å². The third-order valence-corrected chi connectivity index (χ3v) is 8.23. The Bertz CT molecular complexity index is 1390. The van der Waals surface area contributed by atoms with Crippen molar-refractivity contribution in [3.05, 3.63) is 93.9 Å². The quantitative estimate of drug-likeness (QED) is 0.336. The number of nitrogens with one attached hydrogen (secondary N) is 1. The van der Waals surface area contributed by atoms with Crippen LogP contribution in [-0.2, 0) is 26.2 Å². The summed E-state index contributed by atoms with van der Waals surface area (Å²) in [5.41, 5.74) is 0.426. The Morgan fingerprint density at radius 1 is 0.974 bits per heavy atom. The highest BCUT2D eigenvalue weighted by Crippen LogP contribution is 2.30. The van der Waals surface area contributed by atoms with Crippen LogP contribution in [0.4, 0.5) is 5.69 Å². The van der Waals surface area contributed by atoms with E-state index in [1.54, 1.807) is 49.4 Å². The summed E-state index contributed by atoms with van der Waals surface area (Å²) in [4.78, 5) is 28.4. The number of anilines is 1. The molecule has 0 spiro atoms. The fraction of sp³-hybridized carbons (Fsp3) is 0.286. The van der Waals surface area contributed by atoms with Crippen molar-refractivity contribution < 1.29 is 18.0 Å². The van der Waals surface area contributed by atoms with Crippen molar-refractivity contribution in [3.8, 4) is 0 Å². The summed E-state index contributed by atoms with van der Waals surface area (Å²) < 4.78 is 29.3. The molecule has 10 heteroatoms. The van der Waals surface area contributed by atoms with Gasteiger partial charge in [0.15, 0.2) is 0 Å². The summed E-state index contributed by atoms with van der Waals surface area (Å²) in [6.45, 7) is 6.72. The molecule has 2 amide bonds. The first-order valence-electron chi connectivity index (χ1n) is 12.0. The molecule has 0 radical (unpaired) electrons. The minimum atomic E-state index is -4.17. The molecule has 1 N–H and O–H groups in total. The van der Waals surface area contributed by atoms with Crippen LogP contribution in [0.25, 0.3) is 0 Å². The Balaban J connectivity index is 2.04. The van der Waals surface area contributed by atoms with Crippen molar-refractivity contribution in [1.82, 2.24) is 10.2 Å². The van der Waals surface area contributed by atoms with Gasteiger partial charge in [-0.15, -0.1) is 0 Å². The lowest BCUT2D eigenvalue weighted by Crippen LogP contribution is -2.54. The van der Waals surface area contributed by atoms with Gasteiger partial charge in [-0.2, -0.15) is 0 Å². The average molecular weight is 621 g/mol. The molecule has 3 rings (SSSR count). The molecule has 0 aliphatic rings. The molecule has 0 saturated carbocycles. The van der Waals surface area contributed by atoms with Crippen LogP contribution in [0, 0.1) is 0 Å². The van der Waals surface area contributed by atoms with Crippen molar-refractivity contribution in [3.63, 3.8) is 0 Å². The van der Waals surface area contributed by atoms with E-state index in [0.717, 1.165) is 14.3 Å². The maximum absolute atomic E-state index is 13.9. The number of hydrogen-bond acceptors (Lipinski definition) is 4. The maximum Gasteiger partial charge on any atom is 0.264 e. The van der Waals surface area contributed by atoms with Gasteiger partial charge in [0, 0.05) is 16.6 Å². The van der Waals surface area contributed by atoms with Gasteiger partial charge in [-0.1, -0.05) is 70.0 Å². The van der Waals surface area contributed by atoms with Crippen molar-refractivity contribution >= 4 is 55.1 Å². The molecule has 0 aromatic heterocycles. The Hall–Kier alpha value is -2.88. The Kier molecular flexibility index (Phi) is 9.62. The second-order valence-electron chi connectivity index (χ2n) is 9.84. The van der Waals surface area contributed by atoms with Gasteiger partial charge in [-0.3, -0.25) is 13.9 Å². The molecule has 0 bridgehead atoms. The van der Waals surface area contributed by atoms with Crippen LogP contribution in [0.3, 0.4) is 0 Å². The van der Waals surface area contributed by atoms with Crippen LogP contribution < -0.4 is 9.62 Å². The fourth-order valence-electron chi connectivity index (χ4n) is 3.78. The van der Waals surface area contributed by atoms with Crippen molar-refractivity contribution in [2.24, 2.45) is 0 Å².